The summed E-state index contributed by atoms with van der Waals surface area (Å²) in [6.07, 6.45) is 0.642. The molecule has 0 aromatic heterocycles. The SMILES string of the molecule is CC(C)CCOC(=O)OC(C)C(C)C(c1ccc(OC(=O)CCC(C)C)c(OC(=O)CCC(C)C)c1)[C@H](N)C(=O)O. The van der Waals surface area contributed by atoms with Gasteiger partial charge in [0.05, 0.1) is 6.61 Å². The maximum absolute atomic E-state index is 12.6. The summed E-state index contributed by atoms with van der Waals surface area (Å²) < 4.78 is 21.7. The molecule has 0 heterocycles. The van der Waals surface area contributed by atoms with Crippen LogP contribution in [0.25, 0.3) is 0 Å². The smallest absolute Gasteiger partial charge is 0.480 e. The van der Waals surface area contributed by atoms with Crippen LogP contribution in [0.2, 0.25) is 0 Å². The van der Waals surface area contributed by atoms with Gasteiger partial charge in [-0.05, 0) is 61.6 Å². The van der Waals surface area contributed by atoms with Crippen molar-refractivity contribution in [3.8, 4) is 11.5 Å². The van der Waals surface area contributed by atoms with Crippen LogP contribution in [0.15, 0.2) is 18.2 Å². The summed E-state index contributed by atoms with van der Waals surface area (Å²) in [6.45, 7) is 15.5. The minimum atomic E-state index is -1.38. The number of hydrogen-bond donors (Lipinski definition) is 2. The van der Waals surface area contributed by atoms with Crippen molar-refractivity contribution in [2.24, 2.45) is 29.4 Å². The molecule has 0 radical (unpaired) electrons. The second-order valence-electron chi connectivity index (χ2n) is 11.9. The summed E-state index contributed by atoms with van der Waals surface area (Å²) in [4.78, 5) is 49.3. The Labute approximate surface area is 244 Å². The Morgan fingerprint density at radius 2 is 1.29 bits per heavy atom. The number of carbonyl (C=O) groups is 4. The Bertz CT molecular complexity index is 1010. The average Bonchev–Trinajstić information content (AvgIpc) is 2.87. The highest BCUT2D eigenvalue weighted by Gasteiger charge is 2.36. The van der Waals surface area contributed by atoms with Crippen LogP contribution in [0.5, 0.6) is 11.5 Å². The van der Waals surface area contributed by atoms with E-state index in [-0.39, 0.29) is 36.9 Å². The van der Waals surface area contributed by atoms with Crippen molar-refractivity contribution in [3.05, 3.63) is 23.8 Å². The highest BCUT2D eigenvalue weighted by atomic mass is 16.7. The van der Waals surface area contributed by atoms with E-state index in [9.17, 15) is 24.3 Å². The predicted octanol–water partition coefficient (Wildman–Crippen LogP) is 6.09. The van der Waals surface area contributed by atoms with Crippen molar-refractivity contribution in [2.45, 2.75) is 106 Å². The van der Waals surface area contributed by atoms with Gasteiger partial charge in [0.25, 0.3) is 0 Å². The van der Waals surface area contributed by atoms with Crippen molar-refractivity contribution in [1.82, 2.24) is 0 Å². The normalized spacial score (nSPS) is 14.3. The summed E-state index contributed by atoms with van der Waals surface area (Å²) in [5.74, 6) is -2.71. The van der Waals surface area contributed by atoms with Crippen LogP contribution in [0.3, 0.4) is 0 Å². The van der Waals surface area contributed by atoms with Crippen molar-refractivity contribution in [1.29, 1.82) is 0 Å². The molecule has 3 unspecified atom stereocenters. The molecule has 10 nitrogen and oxygen atoms in total. The van der Waals surface area contributed by atoms with Crippen LogP contribution in [0.4, 0.5) is 4.79 Å². The Morgan fingerprint density at radius 3 is 1.78 bits per heavy atom. The first-order valence-electron chi connectivity index (χ1n) is 14.5. The van der Waals surface area contributed by atoms with Crippen LogP contribution >= 0.6 is 0 Å². The monoisotopic (exact) mass is 579 g/mol. The van der Waals surface area contributed by atoms with Crippen molar-refractivity contribution >= 4 is 24.1 Å². The molecule has 0 fully saturated rings. The zero-order valence-electron chi connectivity index (χ0n) is 25.8. The molecule has 1 rings (SSSR count). The second kappa shape index (κ2) is 17.6. The van der Waals surface area contributed by atoms with Crippen LogP contribution in [-0.4, -0.2) is 47.9 Å². The molecule has 4 atom stereocenters. The van der Waals surface area contributed by atoms with Gasteiger partial charge in [-0.3, -0.25) is 14.4 Å². The number of benzene rings is 1. The fraction of sp³-hybridized carbons (Fsp3) is 0.677. The highest BCUT2D eigenvalue weighted by molar-refractivity contribution is 5.77. The summed E-state index contributed by atoms with van der Waals surface area (Å²) >= 11 is 0. The van der Waals surface area contributed by atoms with Crippen LogP contribution in [0.1, 0.15) is 99.0 Å². The van der Waals surface area contributed by atoms with Gasteiger partial charge in [0.15, 0.2) is 11.5 Å². The number of carboxylic acid groups (broad SMARTS) is 1. The number of carboxylic acids is 1. The molecule has 0 aliphatic carbocycles. The van der Waals surface area contributed by atoms with Gasteiger partial charge < -0.3 is 29.8 Å². The van der Waals surface area contributed by atoms with Gasteiger partial charge in [-0.15, -0.1) is 0 Å². The van der Waals surface area contributed by atoms with Gasteiger partial charge in [0.2, 0.25) is 0 Å². The van der Waals surface area contributed by atoms with Crippen LogP contribution < -0.4 is 15.2 Å². The lowest BCUT2D eigenvalue weighted by atomic mass is 9.79. The number of carbonyl (C=O) groups excluding carboxylic acids is 3. The molecular formula is C31H49NO9. The van der Waals surface area contributed by atoms with Gasteiger partial charge >= 0.3 is 24.1 Å². The quantitative estimate of drug-likeness (QED) is 0.164. The number of rotatable bonds is 17. The average molecular weight is 580 g/mol. The van der Waals surface area contributed by atoms with Gasteiger partial charge in [-0.2, -0.15) is 0 Å². The number of esters is 2. The van der Waals surface area contributed by atoms with E-state index in [4.69, 9.17) is 24.7 Å². The Balaban J connectivity index is 3.33. The van der Waals surface area contributed by atoms with E-state index in [1.165, 1.54) is 12.1 Å². The lowest BCUT2D eigenvalue weighted by Gasteiger charge is -2.31. The molecule has 3 N–H and O–H groups in total. The molecule has 1 aromatic carbocycles. The van der Waals surface area contributed by atoms with E-state index in [0.717, 1.165) is 0 Å². The maximum atomic E-state index is 12.6. The van der Waals surface area contributed by atoms with E-state index in [2.05, 4.69) is 0 Å². The molecule has 41 heavy (non-hydrogen) atoms. The van der Waals surface area contributed by atoms with Crippen molar-refractivity contribution in [3.63, 3.8) is 0 Å². The van der Waals surface area contributed by atoms with Gasteiger partial charge in [-0.25, -0.2) is 4.79 Å². The van der Waals surface area contributed by atoms with Crippen LogP contribution in [-0.2, 0) is 23.9 Å². The zero-order chi connectivity index (χ0) is 31.3. The fourth-order valence-electron chi connectivity index (χ4n) is 4.01. The van der Waals surface area contributed by atoms with E-state index >= 15 is 0 Å². The molecule has 0 aliphatic heterocycles. The molecular weight excluding hydrogens is 530 g/mol. The lowest BCUT2D eigenvalue weighted by Crippen LogP contribution is -2.42. The van der Waals surface area contributed by atoms with Crippen molar-refractivity contribution < 1.29 is 43.2 Å². The summed E-state index contributed by atoms with van der Waals surface area (Å²) in [6, 6.07) is 3.13. The minimum absolute atomic E-state index is 0.00870. The lowest BCUT2D eigenvalue weighted by molar-refractivity contribution is -0.140. The molecule has 0 bridgehead atoms. The van der Waals surface area contributed by atoms with Gasteiger partial charge in [0.1, 0.15) is 12.1 Å². The molecule has 0 aliphatic rings. The number of hydrogen-bond acceptors (Lipinski definition) is 9. The standard InChI is InChI=1S/C31H49NO9/c1-18(2)9-13-26(33)40-24-12-11-23(17-25(24)41-27(34)14-10-19(3)4)28(29(32)30(35)36)21(7)22(8)39-31(37)38-16-15-20(5)6/h11-12,17-22,28-29H,9-10,13-16,32H2,1-8H3,(H,35,36)/t21?,22?,28?,29-/m0/s1. The molecule has 0 saturated heterocycles. The third kappa shape index (κ3) is 13.4. The summed E-state index contributed by atoms with van der Waals surface area (Å²) in [5, 5.41) is 9.80. The molecule has 1 aromatic rings. The zero-order valence-corrected chi connectivity index (χ0v) is 25.8. The maximum Gasteiger partial charge on any atom is 0.508 e. The Morgan fingerprint density at radius 1 is 0.780 bits per heavy atom. The molecule has 10 heteroatoms. The second-order valence-corrected chi connectivity index (χ2v) is 11.9. The molecule has 0 spiro atoms. The van der Waals surface area contributed by atoms with E-state index in [1.807, 2.05) is 41.5 Å². The first-order valence-corrected chi connectivity index (χ1v) is 14.5. The fourth-order valence-corrected chi connectivity index (χ4v) is 4.01. The largest absolute Gasteiger partial charge is 0.508 e. The number of ether oxygens (including phenoxy) is 4. The summed E-state index contributed by atoms with van der Waals surface area (Å²) in [7, 11) is 0. The highest BCUT2D eigenvalue weighted by Crippen LogP contribution is 2.37. The molecule has 0 amide bonds. The topological polar surface area (TPSA) is 151 Å². The number of aliphatic carboxylic acids is 1. The first kappa shape index (κ1) is 35.9. The van der Waals surface area contributed by atoms with Crippen LogP contribution in [0, 0.1) is 23.7 Å². The van der Waals surface area contributed by atoms with Gasteiger partial charge in [0, 0.05) is 24.7 Å². The third-order valence-corrected chi connectivity index (χ3v) is 6.83. The summed E-state index contributed by atoms with van der Waals surface area (Å²) in [5.41, 5.74) is 6.55. The van der Waals surface area contributed by atoms with Gasteiger partial charge in [-0.1, -0.05) is 54.5 Å². The number of nitrogens with two attached hydrogens (primary N) is 1. The molecule has 0 saturated carbocycles. The predicted molar refractivity (Wildman–Crippen MR) is 155 cm³/mol. The Hall–Kier alpha value is -3.14. The minimum Gasteiger partial charge on any atom is -0.480 e. The Kier molecular flexibility index (Phi) is 15.4. The van der Waals surface area contributed by atoms with Crippen molar-refractivity contribution in [2.75, 3.05) is 6.61 Å². The molecule has 232 valence electrons. The van der Waals surface area contributed by atoms with E-state index in [1.54, 1.807) is 19.9 Å². The van der Waals surface area contributed by atoms with E-state index in [0.29, 0.717) is 36.7 Å². The van der Waals surface area contributed by atoms with E-state index < -0.39 is 48.0 Å². The third-order valence-electron chi connectivity index (χ3n) is 6.83. The first-order chi connectivity index (χ1) is 19.1.